The molecule has 2 aromatic rings. The van der Waals surface area contributed by atoms with Gasteiger partial charge in [0.15, 0.2) is 5.76 Å². The summed E-state index contributed by atoms with van der Waals surface area (Å²) < 4.78 is 5.63. The maximum absolute atomic E-state index is 11.7. The van der Waals surface area contributed by atoms with Gasteiger partial charge in [-0.05, 0) is 30.2 Å². The van der Waals surface area contributed by atoms with Crippen LogP contribution >= 0.6 is 0 Å². The summed E-state index contributed by atoms with van der Waals surface area (Å²) in [5.74, 6) is 0.475. The molecule has 5 nitrogen and oxygen atoms in total. The second-order valence-corrected chi connectivity index (χ2v) is 7.36. The lowest BCUT2D eigenvalue weighted by molar-refractivity contribution is -0.143. The van der Waals surface area contributed by atoms with E-state index in [4.69, 9.17) is 9.36 Å². The minimum absolute atomic E-state index is 0.00386. The lowest BCUT2D eigenvalue weighted by Crippen LogP contribution is -2.28. The predicted octanol–water partition coefficient (Wildman–Crippen LogP) is 4.29. The van der Waals surface area contributed by atoms with Gasteiger partial charge in [-0.1, -0.05) is 61.4 Å². The van der Waals surface area contributed by atoms with Crippen molar-refractivity contribution in [1.82, 2.24) is 5.16 Å². The van der Waals surface area contributed by atoms with E-state index in [0.717, 1.165) is 47.6 Å². The first-order valence-electron chi connectivity index (χ1n) is 8.77. The van der Waals surface area contributed by atoms with Crippen LogP contribution in [-0.2, 0) is 22.5 Å². The van der Waals surface area contributed by atoms with Crippen LogP contribution in [0.1, 0.15) is 62.6 Å². The second kappa shape index (κ2) is 7.21. The van der Waals surface area contributed by atoms with Gasteiger partial charge in [-0.3, -0.25) is 0 Å². The molecule has 0 amide bonds. The van der Waals surface area contributed by atoms with E-state index in [9.17, 15) is 4.79 Å². The van der Waals surface area contributed by atoms with Crippen molar-refractivity contribution in [3.8, 4) is 0 Å². The number of rotatable bonds is 5. The van der Waals surface area contributed by atoms with Gasteiger partial charge in [0, 0.05) is 12.8 Å². The molecule has 3 rings (SSSR count). The van der Waals surface area contributed by atoms with E-state index < -0.39 is 0 Å². The Labute approximate surface area is 148 Å². The normalized spacial score (nSPS) is 17.3. The van der Waals surface area contributed by atoms with Crippen LogP contribution in [0.4, 0.5) is 0 Å². The molecule has 0 radical (unpaired) electrons. The lowest BCUT2D eigenvalue weighted by atomic mass is 9.75. The van der Waals surface area contributed by atoms with Crippen molar-refractivity contribution in [1.29, 1.82) is 0 Å². The van der Waals surface area contributed by atoms with Gasteiger partial charge in [-0.15, -0.1) is 0 Å². The SMILES string of the molecule is CCCC(=O)O/N=C1\CC(C)(C)Cc2noc(Cc3ccccc3)c21. The summed E-state index contributed by atoms with van der Waals surface area (Å²) in [5.41, 5.74) is 3.71. The van der Waals surface area contributed by atoms with Crippen LogP contribution in [-0.4, -0.2) is 16.8 Å². The van der Waals surface area contributed by atoms with E-state index in [0.29, 0.717) is 12.8 Å². The Hall–Kier alpha value is -2.43. The molecular formula is C20H24N2O3. The summed E-state index contributed by atoms with van der Waals surface area (Å²) in [6, 6.07) is 10.1. The van der Waals surface area contributed by atoms with Crippen molar-refractivity contribution < 1.29 is 14.2 Å². The fraction of sp³-hybridized carbons (Fsp3) is 0.450. The van der Waals surface area contributed by atoms with Gasteiger partial charge >= 0.3 is 5.97 Å². The Morgan fingerprint density at radius 2 is 2.04 bits per heavy atom. The van der Waals surface area contributed by atoms with Crippen molar-refractivity contribution in [3.05, 3.63) is 52.9 Å². The number of aromatic nitrogens is 1. The van der Waals surface area contributed by atoms with Crippen LogP contribution in [0.5, 0.6) is 0 Å². The molecule has 1 aliphatic rings. The number of hydrogen-bond acceptors (Lipinski definition) is 5. The summed E-state index contributed by atoms with van der Waals surface area (Å²) in [5, 5.41) is 8.45. The van der Waals surface area contributed by atoms with E-state index in [1.54, 1.807) is 0 Å². The molecule has 5 heteroatoms. The van der Waals surface area contributed by atoms with Gasteiger partial charge in [-0.2, -0.15) is 0 Å². The van der Waals surface area contributed by atoms with E-state index >= 15 is 0 Å². The maximum atomic E-state index is 11.7. The quantitative estimate of drug-likeness (QED) is 0.602. The molecule has 0 aliphatic heterocycles. The summed E-state index contributed by atoms with van der Waals surface area (Å²) in [6.07, 6.45) is 3.30. The average molecular weight is 340 g/mol. The molecule has 1 aliphatic carbocycles. The van der Waals surface area contributed by atoms with Gasteiger partial charge in [0.25, 0.3) is 0 Å². The standard InChI is InChI=1S/C20H24N2O3/c1-4-8-18(23)25-22-16-13-20(2,3)12-15-19(16)17(24-21-15)11-14-9-6-5-7-10-14/h5-7,9-10H,4,8,11-13H2,1-3H3/b22-16+. The highest BCUT2D eigenvalue weighted by molar-refractivity contribution is 6.03. The summed E-state index contributed by atoms with van der Waals surface area (Å²) in [7, 11) is 0. The number of carbonyl (C=O) groups excluding carboxylic acids is 1. The molecule has 0 fully saturated rings. The number of nitrogens with zero attached hydrogens (tertiary/aromatic N) is 2. The third kappa shape index (κ3) is 4.16. The highest BCUT2D eigenvalue weighted by atomic mass is 16.7. The molecule has 0 atom stereocenters. The minimum Gasteiger partial charge on any atom is -0.360 e. The number of fused-ring (bicyclic) bond motifs is 1. The predicted molar refractivity (Wildman–Crippen MR) is 95.4 cm³/mol. The van der Waals surface area contributed by atoms with Gasteiger partial charge in [0.05, 0.1) is 17.0 Å². The largest absolute Gasteiger partial charge is 0.360 e. The minimum atomic E-state index is -0.305. The average Bonchev–Trinajstić information content (AvgIpc) is 2.95. The maximum Gasteiger partial charge on any atom is 0.335 e. The van der Waals surface area contributed by atoms with Gasteiger partial charge < -0.3 is 9.36 Å². The van der Waals surface area contributed by atoms with Crippen molar-refractivity contribution in [2.45, 2.75) is 52.9 Å². The van der Waals surface area contributed by atoms with Crippen molar-refractivity contribution >= 4 is 11.7 Å². The van der Waals surface area contributed by atoms with Crippen molar-refractivity contribution in [2.24, 2.45) is 10.6 Å². The highest BCUT2D eigenvalue weighted by Crippen LogP contribution is 2.36. The van der Waals surface area contributed by atoms with E-state index in [-0.39, 0.29) is 11.4 Å². The summed E-state index contributed by atoms with van der Waals surface area (Å²) in [4.78, 5) is 16.8. The van der Waals surface area contributed by atoms with Crippen LogP contribution in [0.2, 0.25) is 0 Å². The molecule has 0 N–H and O–H groups in total. The topological polar surface area (TPSA) is 64.7 Å². The Morgan fingerprint density at radius 1 is 1.28 bits per heavy atom. The highest BCUT2D eigenvalue weighted by Gasteiger charge is 2.35. The van der Waals surface area contributed by atoms with Crippen molar-refractivity contribution in [2.75, 3.05) is 0 Å². The van der Waals surface area contributed by atoms with Crippen LogP contribution in [0.25, 0.3) is 0 Å². The Kier molecular flexibility index (Phi) is 5.02. The lowest BCUT2D eigenvalue weighted by Gasteiger charge is -2.28. The van der Waals surface area contributed by atoms with Crippen LogP contribution in [0.15, 0.2) is 40.0 Å². The second-order valence-electron chi connectivity index (χ2n) is 7.36. The monoisotopic (exact) mass is 340 g/mol. The molecule has 0 saturated carbocycles. The third-order valence-electron chi connectivity index (χ3n) is 4.33. The van der Waals surface area contributed by atoms with Crippen molar-refractivity contribution in [3.63, 3.8) is 0 Å². The number of carbonyl (C=O) groups is 1. The number of benzene rings is 1. The molecular weight excluding hydrogens is 316 g/mol. The molecule has 132 valence electrons. The molecule has 1 aromatic heterocycles. The summed E-state index contributed by atoms with van der Waals surface area (Å²) in [6.45, 7) is 6.25. The number of hydrogen-bond donors (Lipinski definition) is 0. The first-order chi connectivity index (χ1) is 12.0. The van der Waals surface area contributed by atoms with Gasteiger partial charge in [-0.25, -0.2) is 4.79 Å². The third-order valence-corrected chi connectivity index (χ3v) is 4.33. The zero-order chi connectivity index (χ0) is 17.9. The van der Waals surface area contributed by atoms with Crippen LogP contribution < -0.4 is 0 Å². The Balaban J connectivity index is 1.91. The summed E-state index contributed by atoms with van der Waals surface area (Å²) >= 11 is 0. The molecule has 0 spiro atoms. The Morgan fingerprint density at radius 3 is 2.76 bits per heavy atom. The first kappa shape index (κ1) is 17.4. The fourth-order valence-corrected chi connectivity index (χ4v) is 3.20. The molecule has 0 unspecified atom stereocenters. The van der Waals surface area contributed by atoms with Gasteiger partial charge in [0.2, 0.25) is 0 Å². The smallest absolute Gasteiger partial charge is 0.335 e. The Bertz CT molecular complexity index is 775. The zero-order valence-corrected chi connectivity index (χ0v) is 15.0. The molecule has 25 heavy (non-hydrogen) atoms. The van der Waals surface area contributed by atoms with Crippen LogP contribution in [0.3, 0.4) is 0 Å². The van der Waals surface area contributed by atoms with Gasteiger partial charge in [0.1, 0.15) is 0 Å². The molecule has 0 saturated heterocycles. The van der Waals surface area contributed by atoms with E-state index in [2.05, 4.69) is 36.3 Å². The zero-order valence-electron chi connectivity index (χ0n) is 15.0. The molecule has 1 heterocycles. The molecule has 0 bridgehead atoms. The first-order valence-corrected chi connectivity index (χ1v) is 8.77. The fourth-order valence-electron chi connectivity index (χ4n) is 3.20. The van der Waals surface area contributed by atoms with E-state index in [1.807, 2.05) is 25.1 Å². The number of oxime groups is 1. The van der Waals surface area contributed by atoms with E-state index in [1.165, 1.54) is 0 Å². The molecule has 1 aromatic carbocycles. The van der Waals surface area contributed by atoms with Crippen LogP contribution in [0, 0.1) is 5.41 Å².